The Bertz CT molecular complexity index is 1000. The fraction of sp³-hybridized carbons (Fsp3) is 0.348. The first-order valence-corrected chi connectivity index (χ1v) is 11.3. The maximum absolute atomic E-state index is 12.5. The standard InChI is InChI=1S/C23H28N4O3S/c1-5-26(6-2)21(28)16-31-23-25-24-22(17-9-8-10-20(15-17)29-4)27(23)18-11-13-19(14-12-18)30-7-3/h8-15H,5-7,16H2,1-4H3. The van der Waals surface area contributed by atoms with Crippen molar-refractivity contribution in [3.05, 3.63) is 48.5 Å². The van der Waals surface area contributed by atoms with Crippen molar-refractivity contribution in [1.29, 1.82) is 0 Å². The summed E-state index contributed by atoms with van der Waals surface area (Å²) in [5.74, 6) is 2.60. The Morgan fingerprint density at radius 1 is 1.03 bits per heavy atom. The smallest absolute Gasteiger partial charge is 0.233 e. The van der Waals surface area contributed by atoms with Gasteiger partial charge in [-0.25, -0.2) is 0 Å². The van der Waals surface area contributed by atoms with Crippen LogP contribution in [0.4, 0.5) is 0 Å². The lowest BCUT2D eigenvalue weighted by Crippen LogP contribution is -2.31. The molecule has 0 N–H and O–H groups in total. The Morgan fingerprint density at radius 3 is 2.42 bits per heavy atom. The van der Waals surface area contributed by atoms with Gasteiger partial charge in [-0.3, -0.25) is 9.36 Å². The van der Waals surface area contributed by atoms with Gasteiger partial charge in [0.2, 0.25) is 5.91 Å². The predicted molar refractivity (Wildman–Crippen MR) is 123 cm³/mol. The number of hydrogen-bond acceptors (Lipinski definition) is 6. The second-order valence-corrected chi connectivity index (χ2v) is 7.60. The normalized spacial score (nSPS) is 10.7. The number of methoxy groups -OCH3 is 1. The third-order valence-electron chi connectivity index (χ3n) is 4.81. The molecule has 0 fully saturated rings. The Labute approximate surface area is 187 Å². The number of carbonyl (C=O) groups excluding carboxylic acids is 1. The monoisotopic (exact) mass is 440 g/mol. The van der Waals surface area contributed by atoms with Crippen LogP contribution < -0.4 is 9.47 Å². The predicted octanol–water partition coefficient (Wildman–Crippen LogP) is 4.30. The molecule has 3 rings (SSSR count). The number of amides is 1. The quantitative estimate of drug-likeness (QED) is 0.438. The minimum atomic E-state index is 0.0826. The van der Waals surface area contributed by atoms with E-state index < -0.39 is 0 Å². The topological polar surface area (TPSA) is 69.5 Å². The second-order valence-electron chi connectivity index (χ2n) is 6.66. The first-order chi connectivity index (χ1) is 15.1. The van der Waals surface area contributed by atoms with Crippen molar-refractivity contribution in [3.8, 4) is 28.6 Å². The molecule has 8 heteroatoms. The first kappa shape index (κ1) is 22.7. The highest BCUT2D eigenvalue weighted by Crippen LogP contribution is 2.30. The molecule has 0 aliphatic carbocycles. The Morgan fingerprint density at radius 2 is 1.77 bits per heavy atom. The molecular formula is C23H28N4O3S. The summed E-state index contributed by atoms with van der Waals surface area (Å²) in [6.45, 7) is 7.91. The van der Waals surface area contributed by atoms with Crippen molar-refractivity contribution < 1.29 is 14.3 Å². The van der Waals surface area contributed by atoms with Crippen LogP contribution in [0, 0.1) is 0 Å². The highest BCUT2D eigenvalue weighted by molar-refractivity contribution is 7.99. The molecule has 1 amide bonds. The van der Waals surface area contributed by atoms with Crippen LogP contribution in [0.1, 0.15) is 20.8 Å². The van der Waals surface area contributed by atoms with Gasteiger partial charge in [0.05, 0.1) is 19.5 Å². The fourth-order valence-electron chi connectivity index (χ4n) is 3.20. The van der Waals surface area contributed by atoms with Gasteiger partial charge in [0.25, 0.3) is 0 Å². The summed E-state index contributed by atoms with van der Waals surface area (Å²) >= 11 is 1.38. The first-order valence-electron chi connectivity index (χ1n) is 10.3. The Balaban J connectivity index is 1.98. The number of rotatable bonds is 10. The summed E-state index contributed by atoms with van der Waals surface area (Å²) in [5.41, 5.74) is 1.77. The molecule has 0 spiro atoms. The molecular weight excluding hydrogens is 412 g/mol. The lowest BCUT2D eigenvalue weighted by Gasteiger charge is -2.18. The SMILES string of the molecule is CCOc1ccc(-n2c(SCC(=O)N(CC)CC)nnc2-c2cccc(OC)c2)cc1. The largest absolute Gasteiger partial charge is 0.497 e. The molecule has 2 aromatic carbocycles. The number of hydrogen-bond donors (Lipinski definition) is 0. The number of benzene rings is 2. The van der Waals surface area contributed by atoms with E-state index in [9.17, 15) is 4.79 Å². The average Bonchev–Trinajstić information content (AvgIpc) is 3.23. The lowest BCUT2D eigenvalue weighted by atomic mass is 10.2. The van der Waals surface area contributed by atoms with E-state index in [1.807, 2.05) is 78.8 Å². The van der Waals surface area contributed by atoms with Crippen LogP contribution in [0.3, 0.4) is 0 Å². The van der Waals surface area contributed by atoms with Crippen molar-refractivity contribution >= 4 is 17.7 Å². The van der Waals surface area contributed by atoms with Gasteiger partial charge in [-0.05, 0) is 57.2 Å². The van der Waals surface area contributed by atoms with E-state index in [2.05, 4.69) is 10.2 Å². The van der Waals surface area contributed by atoms with Gasteiger partial charge in [-0.15, -0.1) is 10.2 Å². The highest BCUT2D eigenvalue weighted by atomic mass is 32.2. The maximum Gasteiger partial charge on any atom is 0.233 e. The second kappa shape index (κ2) is 10.9. The number of ether oxygens (including phenoxy) is 2. The van der Waals surface area contributed by atoms with Gasteiger partial charge >= 0.3 is 0 Å². The molecule has 0 aliphatic rings. The molecule has 0 aliphatic heterocycles. The summed E-state index contributed by atoms with van der Waals surface area (Å²) < 4.78 is 12.9. The molecule has 1 heterocycles. The Kier molecular flexibility index (Phi) is 7.94. The van der Waals surface area contributed by atoms with Gasteiger partial charge < -0.3 is 14.4 Å². The van der Waals surface area contributed by atoms with Crippen LogP contribution in [-0.4, -0.2) is 58.1 Å². The average molecular weight is 441 g/mol. The van der Waals surface area contributed by atoms with Gasteiger partial charge in [0.15, 0.2) is 11.0 Å². The van der Waals surface area contributed by atoms with Gasteiger partial charge in [0, 0.05) is 24.3 Å². The minimum absolute atomic E-state index is 0.0826. The van der Waals surface area contributed by atoms with Crippen molar-refractivity contribution in [2.45, 2.75) is 25.9 Å². The molecule has 31 heavy (non-hydrogen) atoms. The molecule has 0 bridgehead atoms. The molecule has 0 saturated heterocycles. The van der Waals surface area contributed by atoms with Crippen LogP contribution in [0.2, 0.25) is 0 Å². The molecule has 0 saturated carbocycles. The highest BCUT2D eigenvalue weighted by Gasteiger charge is 2.19. The van der Waals surface area contributed by atoms with E-state index in [-0.39, 0.29) is 5.91 Å². The molecule has 0 atom stereocenters. The van der Waals surface area contributed by atoms with Crippen molar-refractivity contribution in [2.24, 2.45) is 0 Å². The van der Waals surface area contributed by atoms with E-state index in [0.29, 0.717) is 36.4 Å². The van der Waals surface area contributed by atoms with Crippen LogP contribution >= 0.6 is 11.8 Å². The van der Waals surface area contributed by atoms with E-state index >= 15 is 0 Å². The molecule has 0 unspecified atom stereocenters. The summed E-state index contributed by atoms with van der Waals surface area (Å²) in [5, 5.41) is 9.49. The third-order valence-corrected chi connectivity index (χ3v) is 5.72. The zero-order valence-electron chi connectivity index (χ0n) is 18.4. The van der Waals surface area contributed by atoms with E-state index in [1.54, 1.807) is 7.11 Å². The van der Waals surface area contributed by atoms with E-state index in [1.165, 1.54) is 11.8 Å². The molecule has 0 radical (unpaired) electrons. The van der Waals surface area contributed by atoms with Gasteiger partial charge in [-0.2, -0.15) is 0 Å². The van der Waals surface area contributed by atoms with Crippen LogP contribution in [0.25, 0.3) is 17.1 Å². The van der Waals surface area contributed by atoms with E-state index in [0.717, 1.165) is 22.7 Å². The Hall–Kier alpha value is -3.00. The zero-order valence-corrected chi connectivity index (χ0v) is 19.2. The van der Waals surface area contributed by atoms with Gasteiger partial charge in [-0.1, -0.05) is 23.9 Å². The lowest BCUT2D eigenvalue weighted by molar-refractivity contribution is -0.127. The van der Waals surface area contributed by atoms with Crippen LogP contribution in [0.5, 0.6) is 11.5 Å². The van der Waals surface area contributed by atoms with Crippen molar-refractivity contribution in [2.75, 3.05) is 32.6 Å². The molecule has 7 nitrogen and oxygen atoms in total. The summed E-state index contributed by atoms with van der Waals surface area (Å²) in [7, 11) is 1.64. The maximum atomic E-state index is 12.5. The number of nitrogens with zero attached hydrogens (tertiary/aromatic N) is 4. The third kappa shape index (κ3) is 5.38. The summed E-state index contributed by atoms with van der Waals surface area (Å²) in [6, 6.07) is 15.5. The summed E-state index contributed by atoms with van der Waals surface area (Å²) in [4.78, 5) is 14.3. The van der Waals surface area contributed by atoms with Crippen molar-refractivity contribution in [1.82, 2.24) is 19.7 Å². The van der Waals surface area contributed by atoms with Gasteiger partial charge in [0.1, 0.15) is 11.5 Å². The number of aromatic nitrogens is 3. The zero-order chi connectivity index (χ0) is 22.2. The van der Waals surface area contributed by atoms with Crippen molar-refractivity contribution in [3.63, 3.8) is 0 Å². The van der Waals surface area contributed by atoms with Crippen LogP contribution in [-0.2, 0) is 4.79 Å². The molecule has 164 valence electrons. The number of carbonyl (C=O) groups is 1. The summed E-state index contributed by atoms with van der Waals surface area (Å²) in [6.07, 6.45) is 0. The molecule has 3 aromatic rings. The van der Waals surface area contributed by atoms with Crippen LogP contribution in [0.15, 0.2) is 53.7 Å². The fourth-order valence-corrected chi connectivity index (χ4v) is 4.05. The van der Waals surface area contributed by atoms with E-state index in [4.69, 9.17) is 9.47 Å². The number of thioether (sulfide) groups is 1. The molecule has 1 aromatic heterocycles. The minimum Gasteiger partial charge on any atom is -0.497 e.